The number of ether oxygens (including phenoxy) is 4. The second-order valence-electron chi connectivity index (χ2n) is 7.93. The lowest BCUT2D eigenvalue weighted by atomic mass is 10.1. The van der Waals surface area contributed by atoms with Gasteiger partial charge >= 0.3 is 17.3 Å². The molecule has 0 fully saturated rings. The highest BCUT2D eigenvalue weighted by molar-refractivity contribution is 6.08. The molecule has 12 nitrogen and oxygen atoms in total. The molecular weight excluding hydrogens is 472 g/mol. The number of methoxy groups -OCH3 is 2. The van der Waals surface area contributed by atoms with E-state index in [9.17, 15) is 19.2 Å². The Labute approximate surface area is 206 Å². The van der Waals surface area contributed by atoms with Crippen molar-refractivity contribution < 1.29 is 28.5 Å². The standard InChI is InChI=1S/C24H28N4O8/c1-8-35-24(32)36-20-18(33-6)9-13(10-19(20)34-7)21(29)25-14-11-16-17(12-15(14)26(2)3)28(5)23(31)22(30)27(16)4/h9-12H,8H2,1-7H3,(H,25,29). The summed E-state index contributed by atoms with van der Waals surface area (Å²) in [6, 6.07) is 6.11. The van der Waals surface area contributed by atoms with Crippen molar-refractivity contribution in [2.45, 2.75) is 6.92 Å². The maximum absolute atomic E-state index is 13.3. The lowest BCUT2D eigenvalue weighted by molar-refractivity contribution is 0.102. The number of aromatic nitrogens is 2. The highest BCUT2D eigenvalue weighted by Crippen LogP contribution is 2.39. The van der Waals surface area contributed by atoms with Gasteiger partial charge in [0, 0.05) is 33.8 Å². The van der Waals surface area contributed by atoms with E-state index in [4.69, 9.17) is 18.9 Å². The van der Waals surface area contributed by atoms with Crippen molar-refractivity contribution in [3.8, 4) is 17.2 Å². The van der Waals surface area contributed by atoms with Crippen molar-refractivity contribution in [2.75, 3.05) is 45.1 Å². The fraction of sp³-hybridized carbons (Fsp3) is 0.333. The van der Waals surface area contributed by atoms with E-state index < -0.39 is 23.2 Å². The predicted octanol–water partition coefficient (Wildman–Crippen LogP) is 2.11. The average molecular weight is 501 g/mol. The number of benzene rings is 2. The molecule has 192 valence electrons. The second kappa shape index (κ2) is 10.4. The van der Waals surface area contributed by atoms with E-state index in [0.29, 0.717) is 22.4 Å². The summed E-state index contributed by atoms with van der Waals surface area (Å²) >= 11 is 0. The molecule has 0 aliphatic carbocycles. The molecule has 0 spiro atoms. The number of aryl methyl sites for hydroxylation is 2. The molecule has 0 atom stereocenters. The molecule has 0 unspecified atom stereocenters. The van der Waals surface area contributed by atoms with Crippen LogP contribution in [0.15, 0.2) is 33.9 Å². The molecule has 0 bridgehead atoms. The van der Waals surface area contributed by atoms with Gasteiger partial charge in [0.15, 0.2) is 11.5 Å². The first kappa shape index (κ1) is 26.1. The van der Waals surface area contributed by atoms with E-state index in [1.165, 1.54) is 49.6 Å². The summed E-state index contributed by atoms with van der Waals surface area (Å²) in [5.74, 6) is -0.398. The van der Waals surface area contributed by atoms with Crippen LogP contribution in [0.4, 0.5) is 16.2 Å². The molecule has 3 aromatic rings. The molecule has 2 aromatic carbocycles. The van der Waals surface area contributed by atoms with Crippen LogP contribution in [0.25, 0.3) is 11.0 Å². The van der Waals surface area contributed by atoms with Crippen LogP contribution >= 0.6 is 0 Å². The van der Waals surface area contributed by atoms with E-state index in [1.807, 2.05) is 0 Å². The molecule has 0 radical (unpaired) electrons. The lowest BCUT2D eigenvalue weighted by Crippen LogP contribution is -2.39. The normalized spacial score (nSPS) is 10.6. The molecule has 1 N–H and O–H groups in total. The number of rotatable bonds is 7. The van der Waals surface area contributed by atoms with E-state index in [2.05, 4.69) is 5.32 Å². The third-order valence-corrected chi connectivity index (χ3v) is 5.51. The number of hydrogen-bond donors (Lipinski definition) is 1. The Morgan fingerprint density at radius 3 is 1.92 bits per heavy atom. The minimum absolute atomic E-state index is 0.0365. The van der Waals surface area contributed by atoms with Crippen LogP contribution < -0.4 is 35.5 Å². The van der Waals surface area contributed by atoms with Crippen LogP contribution in [0.3, 0.4) is 0 Å². The average Bonchev–Trinajstić information content (AvgIpc) is 2.85. The summed E-state index contributed by atoms with van der Waals surface area (Å²) in [4.78, 5) is 51.5. The number of hydrogen-bond acceptors (Lipinski definition) is 9. The first-order chi connectivity index (χ1) is 17.0. The Kier molecular flexibility index (Phi) is 7.56. The van der Waals surface area contributed by atoms with Crippen molar-refractivity contribution in [1.82, 2.24) is 9.13 Å². The first-order valence-electron chi connectivity index (χ1n) is 10.9. The van der Waals surface area contributed by atoms with Gasteiger partial charge in [-0.25, -0.2) is 4.79 Å². The minimum Gasteiger partial charge on any atom is -0.493 e. The molecule has 3 rings (SSSR count). The Bertz CT molecular complexity index is 1430. The van der Waals surface area contributed by atoms with Crippen LogP contribution in [0.5, 0.6) is 17.2 Å². The van der Waals surface area contributed by atoms with Gasteiger partial charge < -0.3 is 38.3 Å². The highest BCUT2D eigenvalue weighted by Gasteiger charge is 2.22. The smallest absolute Gasteiger partial charge is 0.493 e. The zero-order chi connectivity index (χ0) is 26.7. The molecule has 1 amide bonds. The van der Waals surface area contributed by atoms with Crippen LogP contribution in [0, 0.1) is 0 Å². The van der Waals surface area contributed by atoms with Gasteiger partial charge in [0.2, 0.25) is 5.75 Å². The van der Waals surface area contributed by atoms with Gasteiger partial charge in [0.05, 0.1) is 43.2 Å². The number of amides is 1. The van der Waals surface area contributed by atoms with Gasteiger partial charge in [-0.3, -0.25) is 14.4 Å². The summed E-state index contributed by atoms with van der Waals surface area (Å²) in [6.07, 6.45) is -0.946. The fourth-order valence-corrected chi connectivity index (χ4v) is 3.62. The Morgan fingerprint density at radius 2 is 1.44 bits per heavy atom. The van der Waals surface area contributed by atoms with Crippen molar-refractivity contribution in [1.29, 1.82) is 0 Å². The van der Waals surface area contributed by atoms with Crippen LogP contribution in [-0.2, 0) is 18.8 Å². The molecule has 1 aromatic heterocycles. The molecule has 0 aliphatic heterocycles. The number of nitrogens with one attached hydrogen (secondary N) is 1. The monoisotopic (exact) mass is 500 g/mol. The summed E-state index contributed by atoms with van der Waals surface area (Å²) in [5, 5.41) is 2.84. The van der Waals surface area contributed by atoms with Crippen molar-refractivity contribution in [2.24, 2.45) is 14.1 Å². The van der Waals surface area contributed by atoms with E-state index in [0.717, 1.165) is 0 Å². The van der Waals surface area contributed by atoms with Crippen molar-refractivity contribution in [3.05, 3.63) is 50.5 Å². The summed E-state index contributed by atoms with van der Waals surface area (Å²) in [5.41, 5.74) is 0.784. The SMILES string of the molecule is CCOC(=O)Oc1c(OC)cc(C(=O)Nc2cc3c(cc2N(C)C)n(C)c(=O)c(=O)n3C)cc1OC. The van der Waals surface area contributed by atoms with Gasteiger partial charge in [0.1, 0.15) is 0 Å². The topological polar surface area (TPSA) is 130 Å². The maximum atomic E-state index is 13.3. The number of nitrogens with zero attached hydrogens (tertiary/aromatic N) is 3. The van der Waals surface area contributed by atoms with E-state index >= 15 is 0 Å². The van der Waals surface area contributed by atoms with E-state index in [1.54, 1.807) is 38.1 Å². The van der Waals surface area contributed by atoms with Crippen molar-refractivity contribution >= 4 is 34.5 Å². The molecular formula is C24H28N4O8. The molecule has 12 heteroatoms. The highest BCUT2D eigenvalue weighted by atomic mass is 16.7. The van der Waals surface area contributed by atoms with Crippen LogP contribution in [0.2, 0.25) is 0 Å². The minimum atomic E-state index is -0.946. The Balaban J connectivity index is 2.10. The molecule has 36 heavy (non-hydrogen) atoms. The number of fused-ring (bicyclic) bond motifs is 1. The van der Waals surface area contributed by atoms with Crippen LogP contribution in [0.1, 0.15) is 17.3 Å². The van der Waals surface area contributed by atoms with Gasteiger partial charge in [-0.1, -0.05) is 0 Å². The summed E-state index contributed by atoms with van der Waals surface area (Å²) in [7, 11) is 9.28. The van der Waals surface area contributed by atoms with Gasteiger partial charge in [-0.05, 0) is 31.2 Å². The molecule has 0 saturated carbocycles. The first-order valence-corrected chi connectivity index (χ1v) is 10.9. The zero-order valence-corrected chi connectivity index (χ0v) is 21.1. The Morgan fingerprint density at radius 1 is 0.917 bits per heavy atom. The fourth-order valence-electron chi connectivity index (χ4n) is 3.62. The lowest BCUT2D eigenvalue weighted by Gasteiger charge is -2.21. The van der Waals surface area contributed by atoms with Crippen molar-refractivity contribution in [3.63, 3.8) is 0 Å². The number of carbonyl (C=O) groups is 2. The molecule has 1 heterocycles. The quantitative estimate of drug-likeness (QED) is 0.294. The molecule has 0 saturated heterocycles. The maximum Gasteiger partial charge on any atom is 0.514 e. The van der Waals surface area contributed by atoms with E-state index in [-0.39, 0.29) is 29.4 Å². The second-order valence-corrected chi connectivity index (χ2v) is 7.93. The van der Waals surface area contributed by atoms with Gasteiger partial charge in [0.25, 0.3) is 5.91 Å². The van der Waals surface area contributed by atoms with Gasteiger partial charge in [-0.2, -0.15) is 0 Å². The molecule has 0 aliphatic rings. The van der Waals surface area contributed by atoms with Gasteiger partial charge in [-0.15, -0.1) is 0 Å². The largest absolute Gasteiger partial charge is 0.514 e. The third kappa shape index (κ3) is 4.83. The number of anilines is 2. The summed E-state index contributed by atoms with van der Waals surface area (Å²) < 4.78 is 23.1. The third-order valence-electron chi connectivity index (χ3n) is 5.51. The summed E-state index contributed by atoms with van der Waals surface area (Å²) in [6.45, 7) is 1.75. The van der Waals surface area contributed by atoms with Crippen LogP contribution in [-0.4, -0.2) is 56.1 Å². The zero-order valence-electron chi connectivity index (χ0n) is 21.1. The number of carbonyl (C=O) groups excluding carboxylic acids is 2. The predicted molar refractivity (Wildman–Crippen MR) is 134 cm³/mol. The Hall–Kier alpha value is -4.48.